The number of hydrogen-bond donors (Lipinski definition) is 11. The third-order valence-corrected chi connectivity index (χ3v) is 7.12. The Bertz CT molecular complexity index is 1270. The molecule has 0 fully saturated rings. The van der Waals surface area contributed by atoms with Crippen LogP contribution < -0.4 is 44.2 Å². The van der Waals surface area contributed by atoms with E-state index in [1.54, 1.807) is 13.8 Å². The number of nitrogens with one attached hydrogen (secondary N) is 4. The number of phenols is 1. The molecule has 18 nitrogen and oxygen atoms in total. The summed E-state index contributed by atoms with van der Waals surface area (Å²) in [4.78, 5) is 80.4. The molecular weight excluding hydrogens is 630 g/mol. The average Bonchev–Trinajstić information content (AvgIpc) is 2.99. The van der Waals surface area contributed by atoms with Crippen molar-refractivity contribution in [2.24, 2.45) is 39.8 Å². The van der Waals surface area contributed by atoms with Gasteiger partial charge in [0.05, 0.1) is 12.6 Å². The van der Waals surface area contributed by atoms with Crippen molar-refractivity contribution in [2.75, 3.05) is 13.1 Å². The standard InChI is InChI=1S/C30H49N9O9/c1-16(2)24(28(46)37-21(29(47)48)14-17-8-10-18(40)11-9-17)39-27(45)20(15-23(41)42)36-25(43)19(6-3-4-12-31)26(44)38-22(32)7-5-13-35-30(33)34/h8-11,16,19-22,24,40H,3-7,12-15,31-32H2,1-2H3,(H,36,43)(H,37,46)(H,38,44)(H,39,45)(H,41,42)(H,47,48)(H4,33,34,35)/t19?,20-,21-,22?,24-/m0/s1. The van der Waals surface area contributed by atoms with Crippen LogP contribution in [0.15, 0.2) is 29.3 Å². The summed E-state index contributed by atoms with van der Waals surface area (Å²) in [5.41, 5.74) is 22.6. The van der Waals surface area contributed by atoms with E-state index in [2.05, 4.69) is 26.3 Å². The largest absolute Gasteiger partial charge is 0.508 e. The summed E-state index contributed by atoms with van der Waals surface area (Å²) < 4.78 is 0. The second-order valence-electron chi connectivity index (χ2n) is 11.6. The first-order valence-electron chi connectivity index (χ1n) is 15.5. The number of carboxylic acid groups (broad SMARTS) is 2. The number of aliphatic imine (C=N–C) groups is 1. The molecule has 0 bridgehead atoms. The molecule has 5 atom stereocenters. The zero-order chi connectivity index (χ0) is 36.4. The van der Waals surface area contributed by atoms with E-state index >= 15 is 0 Å². The van der Waals surface area contributed by atoms with Crippen molar-refractivity contribution in [3.05, 3.63) is 29.8 Å². The number of nitrogens with zero attached hydrogens (tertiary/aromatic N) is 1. The predicted molar refractivity (Wildman–Crippen MR) is 175 cm³/mol. The lowest BCUT2D eigenvalue weighted by Gasteiger charge is -2.27. The van der Waals surface area contributed by atoms with E-state index in [4.69, 9.17) is 22.9 Å². The number of carbonyl (C=O) groups is 6. The zero-order valence-electron chi connectivity index (χ0n) is 27.2. The SMILES string of the molecule is CC(C)[C@H](NC(=O)[C@H](CC(=O)O)NC(=O)C(CCCCN)C(=O)NC(N)CCCN=C(N)N)C(=O)N[C@@H](Cc1ccc(O)cc1)C(=O)O. The van der Waals surface area contributed by atoms with E-state index in [-0.39, 0.29) is 37.5 Å². The van der Waals surface area contributed by atoms with Crippen molar-refractivity contribution in [1.29, 1.82) is 0 Å². The Morgan fingerprint density at radius 2 is 1.40 bits per heavy atom. The highest BCUT2D eigenvalue weighted by molar-refractivity contribution is 6.02. The molecule has 0 heterocycles. The first-order valence-corrected chi connectivity index (χ1v) is 15.5. The Kier molecular flexibility index (Phi) is 18.0. The molecule has 4 amide bonds. The van der Waals surface area contributed by atoms with Gasteiger partial charge in [-0.05, 0) is 55.8 Å². The minimum Gasteiger partial charge on any atom is -0.508 e. The van der Waals surface area contributed by atoms with Gasteiger partial charge < -0.3 is 59.5 Å². The molecule has 1 aromatic rings. The molecule has 0 aromatic heterocycles. The molecule has 15 N–H and O–H groups in total. The Hall–Kier alpha value is -4.97. The molecule has 268 valence electrons. The van der Waals surface area contributed by atoms with Crippen LogP contribution in [-0.4, -0.2) is 94.2 Å². The van der Waals surface area contributed by atoms with Gasteiger partial charge in [-0.3, -0.25) is 29.0 Å². The predicted octanol–water partition coefficient (Wildman–Crippen LogP) is -2.20. The second-order valence-corrected chi connectivity index (χ2v) is 11.6. The molecule has 48 heavy (non-hydrogen) atoms. The molecule has 2 unspecified atom stereocenters. The number of nitrogens with two attached hydrogens (primary N) is 4. The lowest BCUT2D eigenvalue weighted by atomic mass is 9.98. The van der Waals surface area contributed by atoms with Crippen LogP contribution in [0.4, 0.5) is 0 Å². The molecule has 0 spiro atoms. The fraction of sp³-hybridized carbons (Fsp3) is 0.567. The van der Waals surface area contributed by atoms with Crippen molar-refractivity contribution >= 4 is 41.5 Å². The third kappa shape index (κ3) is 15.5. The van der Waals surface area contributed by atoms with Crippen LogP contribution >= 0.6 is 0 Å². The average molecular weight is 680 g/mol. The van der Waals surface area contributed by atoms with E-state index < -0.39 is 78.1 Å². The highest BCUT2D eigenvalue weighted by Gasteiger charge is 2.35. The number of carboxylic acids is 2. The van der Waals surface area contributed by atoms with Crippen LogP contribution in [0.25, 0.3) is 0 Å². The minimum absolute atomic E-state index is 0.0195. The van der Waals surface area contributed by atoms with Crippen LogP contribution in [0.1, 0.15) is 57.9 Å². The van der Waals surface area contributed by atoms with Crippen LogP contribution in [0.2, 0.25) is 0 Å². The molecule has 0 saturated carbocycles. The summed E-state index contributed by atoms with van der Waals surface area (Å²) in [7, 11) is 0. The van der Waals surface area contributed by atoms with Crippen LogP contribution in [0, 0.1) is 11.8 Å². The van der Waals surface area contributed by atoms with E-state index in [1.807, 2.05) is 0 Å². The number of hydrogen-bond acceptors (Lipinski definition) is 10. The highest BCUT2D eigenvalue weighted by atomic mass is 16.4. The molecule has 0 aliphatic rings. The maximum absolute atomic E-state index is 13.3. The van der Waals surface area contributed by atoms with Gasteiger partial charge in [0.1, 0.15) is 29.8 Å². The Morgan fingerprint density at radius 3 is 1.94 bits per heavy atom. The van der Waals surface area contributed by atoms with E-state index in [1.165, 1.54) is 24.3 Å². The summed E-state index contributed by atoms with van der Waals surface area (Å²) in [6.45, 7) is 3.70. The molecular formula is C30H49N9O9. The number of benzene rings is 1. The first-order chi connectivity index (χ1) is 22.5. The van der Waals surface area contributed by atoms with E-state index in [0.717, 1.165) is 0 Å². The van der Waals surface area contributed by atoms with Gasteiger partial charge >= 0.3 is 11.9 Å². The second kappa shape index (κ2) is 21.0. The van der Waals surface area contributed by atoms with Gasteiger partial charge in [-0.25, -0.2) is 4.79 Å². The molecule has 1 rings (SSSR count). The van der Waals surface area contributed by atoms with Crippen molar-refractivity contribution in [1.82, 2.24) is 21.3 Å². The van der Waals surface area contributed by atoms with Crippen LogP contribution in [0.5, 0.6) is 5.75 Å². The normalized spacial score (nSPS) is 14.0. The topological polar surface area (TPSA) is 328 Å². The number of unbranched alkanes of at least 4 members (excludes halogenated alkanes) is 1. The number of rotatable bonds is 22. The third-order valence-electron chi connectivity index (χ3n) is 7.12. The summed E-state index contributed by atoms with van der Waals surface area (Å²) >= 11 is 0. The Labute approximate surface area is 278 Å². The maximum atomic E-state index is 13.3. The van der Waals surface area contributed by atoms with Gasteiger partial charge in [0.2, 0.25) is 23.6 Å². The zero-order valence-corrected chi connectivity index (χ0v) is 27.2. The fourth-order valence-corrected chi connectivity index (χ4v) is 4.52. The monoisotopic (exact) mass is 679 g/mol. The van der Waals surface area contributed by atoms with E-state index in [9.17, 15) is 44.1 Å². The van der Waals surface area contributed by atoms with Gasteiger partial charge in [0, 0.05) is 13.0 Å². The number of aliphatic carboxylic acids is 2. The summed E-state index contributed by atoms with van der Waals surface area (Å²) in [5, 5.41) is 38.3. The number of phenolic OH excluding ortho intramolecular Hbond substituents is 1. The van der Waals surface area contributed by atoms with Gasteiger partial charge in [-0.2, -0.15) is 0 Å². The summed E-state index contributed by atoms with van der Waals surface area (Å²) in [5.74, 6) is -8.47. The number of aromatic hydroxyl groups is 1. The van der Waals surface area contributed by atoms with Gasteiger partial charge in [0.15, 0.2) is 5.96 Å². The van der Waals surface area contributed by atoms with Crippen molar-refractivity contribution < 1.29 is 44.1 Å². The van der Waals surface area contributed by atoms with Crippen molar-refractivity contribution in [3.8, 4) is 5.75 Å². The smallest absolute Gasteiger partial charge is 0.326 e. The highest BCUT2D eigenvalue weighted by Crippen LogP contribution is 2.14. The quantitative estimate of drug-likeness (QED) is 0.0204. The first kappa shape index (κ1) is 41.1. The maximum Gasteiger partial charge on any atom is 0.326 e. The Balaban J connectivity index is 3.08. The molecule has 18 heteroatoms. The lowest BCUT2D eigenvalue weighted by Crippen LogP contribution is -2.58. The number of amides is 4. The van der Waals surface area contributed by atoms with E-state index in [0.29, 0.717) is 31.4 Å². The molecule has 0 aliphatic carbocycles. The minimum atomic E-state index is -1.70. The van der Waals surface area contributed by atoms with Gasteiger partial charge in [-0.15, -0.1) is 0 Å². The Morgan fingerprint density at radius 1 is 0.792 bits per heavy atom. The summed E-state index contributed by atoms with van der Waals surface area (Å²) in [6.07, 6.45) is -0.304. The van der Waals surface area contributed by atoms with Crippen molar-refractivity contribution in [3.63, 3.8) is 0 Å². The molecule has 0 aliphatic heterocycles. The lowest BCUT2D eigenvalue weighted by molar-refractivity contribution is -0.144. The number of guanidine groups is 1. The fourth-order valence-electron chi connectivity index (χ4n) is 4.52. The number of carbonyl (C=O) groups excluding carboxylic acids is 4. The van der Waals surface area contributed by atoms with Crippen LogP contribution in [0.3, 0.4) is 0 Å². The van der Waals surface area contributed by atoms with Gasteiger partial charge in [0.25, 0.3) is 0 Å². The molecule has 1 aromatic carbocycles. The van der Waals surface area contributed by atoms with Crippen LogP contribution in [-0.2, 0) is 35.2 Å². The summed E-state index contributed by atoms with van der Waals surface area (Å²) in [6, 6.07) is 1.28. The molecule has 0 radical (unpaired) electrons. The van der Waals surface area contributed by atoms with Crippen molar-refractivity contribution in [2.45, 2.75) is 83.1 Å². The van der Waals surface area contributed by atoms with Gasteiger partial charge in [-0.1, -0.05) is 32.4 Å². The molecule has 0 saturated heterocycles.